The van der Waals surface area contributed by atoms with Gasteiger partial charge >= 0.3 is 0 Å². The number of hydrogen-bond acceptors (Lipinski definition) is 1. The first kappa shape index (κ1) is 12.6. The van der Waals surface area contributed by atoms with Gasteiger partial charge in [-0.25, -0.2) is 0 Å². The van der Waals surface area contributed by atoms with Crippen LogP contribution in [0, 0.1) is 5.92 Å². The molecule has 2 rings (SSSR count). The molecule has 0 fully saturated rings. The molecule has 0 unspecified atom stereocenters. The fraction of sp³-hybridized carbons (Fsp3) is 0.176. The second-order valence-electron chi connectivity index (χ2n) is 4.48. The molecular weight excluding hydrogens is 220 g/mol. The number of aliphatic hydroxyl groups excluding tert-OH is 1. The van der Waals surface area contributed by atoms with E-state index in [4.69, 9.17) is 0 Å². The maximum absolute atomic E-state index is 10.2. The van der Waals surface area contributed by atoms with E-state index in [0.717, 1.165) is 11.1 Å². The van der Waals surface area contributed by atoms with Crippen molar-refractivity contribution >= 4 is 6.08 Å². The van der Waals surface area contributed by atoms with E-state index in [1.165, 1.54) is 0 Å². The molecule has 2 aromatic carbocycles. The average molecular weight is 238 g/mol. The molecule has 0 aliphatic carbocycles. The van der Waals surface area contributed by atoms with E-state index in [9.17, 15) is 5.11 Å². The van der Waals surface area contributed by atoms with Crippen LogP contribution in [-0.2, 0) is 0 Å². The fourth-order valence-corrected chi connectivity index (χ4v) is 1.89. The van der Waals surface area contributed by atoms with Crippen molar-refractivity contribution in [1.29, 1.82) is 0 Å². The Labute approximate surface area is 108 Å². The van der Waals surface area contributed by atoms with Gasteiger partial charge < -0.3 is 5.11 Å². The molecule has 0 aromatic heterocycles. The normalized spacial score (nSPS) is 14.6. The van der Waals surface area contributed by atoms with Crippen LogP contribution in [0.5, 0.6) is 0 Å². The van der Waals surface area contributed by atoms with Gasteiger partial charge in [-0.3, -0.25) is 0 Å². The molecule has 0 bridgehead atoms. The van der Waals surface area contributed by atoms with Gasteiger partial charge in [-0.05, 0) is 11.1 Å². The van der Waals surface area contributed by atoms with Gasteiger partial charge in [-0.2, -0.15) is 0 Å². The minimum atomic E-state index is -0.453. The van der Waals surface area contributed by atoms with Gasteiger partial charge in [0.2, 0.25) is 0 Å². The molecule has 0 aliphatic rings. The van der Waals surface area contributed by atoms with Crippen LogP contribution in [0.3, 0.4) is 0 Å². The molecule has 2 aromatic rings. The molecule has 0 amide bonds. The van der Waals surface area contributed by atoms with Crippen molar-refractivity contribution in [3.8, 4) is 0 Å². The van der Waals surface area contributed by atoms with E-state index >= 15 is 0 Å². The molecule has 0 saturated heterocycles. The lowest BCUT2D eigenvalue weighted by Gasteiger charge is -2.15. The quantitative estimate of drug-likeness (QED) is 0.851. The van der Waals surface area contributed by atoms with Crippen molar-refractivity contribution in [3.63, 3.8) is 0 Å². The zero-order valence-corrected chi connectivity index (χ0v) is 10.5. The van der Waals surface area contributed by atoms with Gasteiger partial charge in [0.25, 0.3) is 0 Å². The van der Waals surface area contributed by atoms with Crippen LogP contribution in [0.4, 0.5) is 0 Å². The maximum atomic E-state index is 10.2. The van der Waals surface area contributed by atoms with E-state index < -0.39 is 6.10 Å². The number of aliphatic hydroxyl groups is 1. The predicted molar refractivity (Wildman–Crippen MR) is 76.0 cm³/mol. The number of benzene rings is 2. The largest absolute Gasteiger partial charge is 0.388 e. The Kier molecular flexibility index (Phi) is 4.32. The highest BCUT2D eigenvalue weighted by molar-refractivity contribution is 5.49. The van der Waals surface area contributed by atoms with Gasteiger partial charge in [0.05, 0.1) is 6.10 Å². The average Bonchev–Trinajstić information content (AvgIpc) is 2.46. The van der Waals surface area contributed by atoms with Gasteiger partial charge in [0, 0.05) is 5.92 Å². The first-order chi connectivity index (χ1) is 8.77. The number of rotatable bonds is 4. The molecule has 0 saturated carbocycles. The molecule has 0 spiro atoms. The Balaban J connectivity index is 2.04. The van der Waals surface area contributed by atoms with Crippen LogP contribution in [0.15, 0.2) is 66.7 Å². The van der Waals surface area contributed by atoms with Crippen LogP contribution in [-0.4, -0.2) is 5.11 Å². The first-order valence-corrected chi connectivity index (χ1v) is 6.23. The third kappa shape index (κ3) is 3.31. The van der Waals surface area contributed by atoms with Gasteiger partial charge in [0.1, 0.15) is 0 Å². The zero-order valence-electron chi connectivity index (χ0n) is 10.5. The van der Waals surface area contributed by atoms with Gasteiger partial charge in [-0.15, -0.1) is 0 Å². The summed E-state index contributed by atoms with van der Waals surface area (Å²) in [4.78, 5) is 0. The second kappa shape index (κ2) is 6.18. The molecular formula is C17H18O. The van der Waals surface area contributed by atoms with Crippen molar-refractivity contribution in [1.82, 2.24) is 0 Å². The third-order valence-electron chi connectivity index (χ3n) is 3.03. The first-order valence-electron chi connectivity index (χ1n) is 6.23. The van der Waals surface area contributed by atoms with Crippen LogP contribution in [0.2, 0.25) is 0 Å². The van der Waals surface area contributed by atoms with Crippen molar-refractivity contribution in [2.24, 2.45) is 5.92 Å². The van der Waals surface area contributed by atoms with Crippen LogP contribution < -0.4 is 0 Å². The van der Waals surface area contributed by atoms with Gasteiger partial charge in [-0.1, -0.05) is 79.7 Å². The highest BCUT2D eigenvalue weighted by Crippen LogP contribution is 2.23. The monoisotopic (exact) mass is 238 g/mol. The molecule has 1 heteroatoms. The molecule has 1 N–H and O–H groups in total. The van der Waals surface area contributed by atoms with Gasteiger partial charge in [0.15, 0.2) is 0 Å². The van der Waals surface area contributed by atoms with Crippen LogP contribution >= 0.6 is 0 Å². The maximum Gasteiger partial charge on any atom is 0.0850 e. The zero-order chi connectivity index (χ0) is 12.8. The molecule has 0 aliphatic heterocycles. The van der Waals surface area contributed by atoms with E-state index in [0.29, 0.717) is 0 Å². The summed E-state index contributed by atoms with van der Waals surface area (Å²) in [7, 11) is 0. The Morgan fingerprint density at radius 2 is 1.44 bits per heavy atom. The van der Waals surface area contributed by atoms with E-state index in [1.54, 1.807) is 0 Å². The lowest BCUT2D eigenvalue weighted by Crippen LogP contribution is -2.06. The summed E-state index contributed by atoms with van der Waals surface area (Å²) in [5.74, 6) is 0.0904. The van der Waals surface area contributed by atoms with E-state index in [-0.39, 0.29) is 5.92 Å². The SMILES string of the molecule is C[C@H](/C=C/c1ccccc1)[C@@H](O)c1ccccc1. The fourth-order valence-electron chi connectivity index (χ4n) is 1.89. The summed E-state index contributed by atoms with van der Waals surface area (Å²) >= 11 is 0. The summed E-state index contributed by atoms with van der Waals surface area (Å²) < 4.78 is 0. The summed E-state index contributed by atoms with van der Waals surface area (Å²) in [6.07, 6.45) is 3.65. The molecule has 92 valence electrons. The topological polar surface area (TPSA) is 20.2 Å². The van der Waals surface area contributed by atoms with E-state index in [2.05, 4.69) is 18.2 Å². The summed E-state index contributed by atoms with van der Waals surface area (Å²) in [5.41, 5.74) is 2.12. The highest BCUT2D eigenvalue weighted by Gasteiger charge is 2.12. The second-order valence-corrected chi connectivity index (χ2v) is 4.48. The minimum Gasteiger partial charge on any atom is -0.388 e. The summed E-state index contributed by atoms with van der Waals surface area (Å²) in [6.45, 7) is 2.02. The Hall–Kier alpha value is -1.86. The smallest absolute Gasteiger partial charge is 0.0850 e. The molecule has 18 heavy (non-hydrogen) atoms. The summed E-state index contributed by atoms with van der Waals surface area (Å²) in [6, 6.07) is 19.9. The van der Waals surface area contributed by atoms with Crippen molar-refractivity contribution in [2.45, 2.75) is 13.0 Å². The minimum absolute atomic E-state index is 0.0904. The molecule has 2 atom stereocenters. The lowest BCUT2D eigenvalue weighted by molar-refractivity contribution is 0.140. The van der Waals surface area contributed by atoms with E-state index in [1.807, 2.05) is 61.5 Å². The van der Waals surface area contributed by atoms with Crippen molar-refractivity contribution in [3.05, 3.63) is 77.9 Å². The predicted octanol–water partition coefficient (Wildman–Crippen LogP) is 4.07. The Morgan fingerprint density at radius 1 is 0.889 bits per heavy atom. The Bertz CT molecular complexity index is 488. The van der Waals surface area contributed by atoms with Crippen molar-refractivity contribution < 1.29 is 5.11 Å². The summed E-state index contributed by atoms with van der Waals surface area (Å²) in [5, 5.41) is 10.2. The van der Waals surface area contributed by atoms with Crippen molar-refractivity contribution in [2.75, 3.05) is 0 Å². The molecule has 0 heterocycles. The molecule has 1 nitrogen and oxygen atoms in total. The lowest BCUT2D eigenvalue weighted by atomic mass is 9.96. The molecule has 0 radical (unpaired) electrons. The third-order valence-corrected chi connectivity index (χ3v) is 3.03. The number of hydrogen-bond donors (Lipinski definition) is 1. The Morgan fingerprint density at radius 3 is 2.06 bits per heavy atom. The highest BCUT2D eigenvalue weighted by atomic mass is 16.3. The van der Waals surface area contributed by atoms with Crippen LogP contribution in [0.25, 0.3) is 6.08 Å². The standard InChI is InChI=1S/C17H18O/c1-14(12-13-15-8-4-2-5-9-15)17(18)16-10-6-3-7-11-16/h2-14,17-18H,1H3/b13-12+/t14-,17-/m1/s1. The van der Waals surface area contributed by atoms with Crippen LogP contribution in [0.1, 0.15) is 24.2 Å².